The molecule has 0 unspecified atom stereocenters. The van der Waals surface area contributed by atoms with Crippen LogP contribution in [0.25, 0.3) is 0 Å². The molecule has 1 aliphatic heterocycles. The molecule has 0 radical (unpaired) electrons. The number of hydrogen-bond acceptors (Lipinski definition) is 9. The van der Waals surface area contributed by atoms with Gasteiger partial charge in [0.2, 0.25) is 0 Å². The maximum absolute atomic E-state index is 11.7. The summed E-state index contributed by atoms with van der Waals surface area (Å²) < 4.78 is 11.2. The number of anilines is 1. The van der Waals surface area contributed by atoms with Crippen LogP contribution in [-0.2, 0) is 14.3 Å². The van der Waals surface area contributed by atoms with Crippen molar-refractivity contribution in [2.45, 2.75) is 37.5 Å². The Balaban J connectivity index is 2.10. The molecule has 0 amide bonds. The van der Waals surface area contributed by atoms with Gasteiger partial charge >= 0.3 is 11.7 Å². The Morgan fingerprint density at radius 3 is 2.82 bits per heavy atom. The lowest BCUT2D eigenvalue weighted by molar-refractivity contribution is -0.151. The van der Waals surface area contributed by atoms with Crippen LogP contribution in [0.1, 0.15) is 13.2 Å². The second-order valence-corrected chi connectivity index (χ2v) is 5.01. The van der Waals surface area contributed by atoms with E-state index in [2.05, 4.69) is 4.98 Å². The quantitative estimate of drug-likeness (QED) is 0.434. The average Bonchev–Trinajstić information content (AvgIpc) is 2.73. The minimum Gasteiger partial charge on any atom is -0.462 e. The van der Waals surface area contributed by atoms with Gasteiger partial charge in [-0.2, -0.15) is 4.98 Å². The highest BCUT2D eigenvalue weighted by atomic mass is 16.6. The fourth-order valence-corrected chi connectivity index (χ4v) is 2.01. The van der Waals surface area contributed by atoms with Crippen LogP contribution < -0.4 is 17.2 Å². The Hall–Kier alpha value is -2.01. The van der Waals surface area contributed by atoms with E-state index in [1.807, 2.05) is 0 Å². The zero-order chi connectivity index (χ0) is 16.4. The summed E-state index contributed by atoms with van der Waals surface area (Å²) in [4.78, 5) is 26.6. The first-order valence-electron chi connectivity index (χ1n) is 6.59. The summed E-state index contributed by atoms with van der Waals surface area (Å²) in [5.74, 6) is -0.642. The number of aromatic nitrogens is 2. The summed E-state index contributed by atoms with van der Waals surface area (Å²) in [6.07, 6.45) is -3.58. The predicted octanol–water partition coefficient (Wildman–Crippen LogP) is -2.66. The Labute approximate surface area is 125 Å². The van der Waals surface area contributed by atoms with Crippen LogP contribution >= 0.6 is 0 Å². The molecule has 122 valence electrons. The van der Waals surface area contributed by atoms with Crippen LogP contribution in [0.5, 0.6) is 0 Å². The van der Waals surface area contributed by atoms with Crippen LogP contribution in [-0.4, -0.2) is 56.7 Å². The van der Waals surface area contributed by atoms with Crippen molar-refractivity contribution in [3.05, 3.63) is 22.7 Å². The molecule has 1 fully saturated rings. The summed E-state index contributed by atoms with van der Waals surface area (Å²) in [6, 6.07) is 0.538. The first-order valence-corrected chi connectivity index (χ1v) is 6.59. The molecule has 0 aliphatic carbocycles. The van der Waals surface area contributed by atoms with Gasteiger partial charge in [-0.25, -0.2) is 4.79 Å². The zero-order valence-corrected chi connectivity index (χ0v) is 11.8. The molecule has 1 saturated heterocycles. The minimum absolute atomic E-state index is 0.0247. The van der Waals surface area contributed by atoms with Crippen molar-refractivity contribution < 1.29 is 24.5 Å². The second-order valence-electron chi connectivity index (χ2n) is 5.01. The lowest BCUT2D eigenvalue weighted by atomic mass is 10.1. The van der Waals surface area contributed by atoms with Crippen molar-refractivity contribution in [1.82, 2.24) is 9.55 Å². The van der Waals surface area contributed by atoms with Gasteiger partial charge in [-0.05, 0) is 13.0 Å². The summed E-state index contributed by atoms with van der Waals surface area (Å²) in [5, 5.41) is 19.9. The number of nitrogens with zero attached hydrogens (tertiary/aromatic N) is 2. The number of carbonyl (C=O) groups is 1. The molecular weight excluding hydrogens is 296 g/mol. The Morgan fingerprint density at radius 2 is 2.23 bits per heavy atom. The molecule has 0 spiro atoms. The molecule has 10 nitrogen and oxygen atoms in total. The van der Waals surface area contributed by atoms with E-state index in [0.717, 1.165) is 4.57 Å². The first kappa shape index (κ1) is 16.4. The molecule has 1 aliphatic rings. The van der Waals surface area contributed by atoms with Crippen LogP contribution in [0, 0.1) is 0 Å². The second kappa shape index (κ2) is 6.40. The van der Waals surface area contributed by atoms with Gasteiger partial charge < -0.3 is 31.2 Å². The topological polar surface area (TPSA) is 163 Å². The van der Waals surface area contributed by atoms with Gasteiger partial charge in [0.25, 0.3) is 0 Å². The van der Waals surface area contributed by atoms with E-state index in [4.69, 9.17) is 20.9 Å². The Bertz CT molecular complexity index is 604. The highest BCUT2D eigenvalue weighted by Crippen LogP contribution is 2.28. The molecule has 0 bridgehead atoms. The number of aliphatic hydroxyl groups excluding tert-OH is 2. The maximum Gasteiger partial charge on any atom is 0.351 e. The summed E-state index contributed by atoms with van der Waals surface area (Å²) in [5.41, 5.74) is 9.99. The summed E-state index contributed by atoms with van der Waals surface area (Å²) in [6.45, 7) is 1.15. The van der Waals surface area contributed by atoms with Crippen LogP contribution in [0.3, 0.4) is 0 Å². The van der Waals surface area contributed by atoms with Crippen molar-refractivity contribution in [3.63, 3.8) is 0 Å². The van der Waals surface area contributed by atoms with Crippen molar-refractivity contribution in [2.24, 2.45) is 5.73 Å². The van der Waals surface area contributed by atoms with Gasteiger partial charge in [-0.3, -0.25) is 9.36 Å². The molecule has 0 saturated carbocycles. The van der Waals surface area contributed by atoms with Gasteiger partial charge in [0.1, 0.15) is 36.8 Å². The molecule has 1 aromatic rings. The SMILES string of the molecule is C[C@H](N)C(=O)OC[C@H]1O[C@@H](n2ccc(N)nc2=O)[C@@H](O)[C@@H]1O. The van der Waals surface area contributed by atoms with E-state index in [1.165, 1.54) is 19.2 Å². The van der Waals surface area contributed by atoms with Crippen molar-refractivity contribution in [3.8, 4) is 0 Å². The number of nitrogen functional groups attached to an aromatic ring is 1. The third kappa shape index (κ3) is 3.25. The number of ether oxygens (including phenoxy) is 2. The van der Waals surface area contributed by atoms with Gasteiger partial charge in [-0.15, -0.1) is 0 Å². The number of esters is 1. The fourth-order valence-electron chi connectivity index (χ4n) is 2.01. The van der Waals surface area contributed by atoms with Crippen LogP contribution in [0.4, 0.5) is 5.82 Å². The standard InChI is InChI=1S/C12H18N4O6/c1-5(13)11(19)21-4-6-8(17)9(18)10(22-6)16-3-2-7(14)15-12(16)20/h2-3,5-6,8-10,17-18H,4,13H2,1H3,(H2,14,15,20)/t5-,6+,8+,9-,10+/m0/s1. The molecule has 10 heteroatoms. The van der Waals surface area contributed by atoms with E-state index in [1.54, 1.807) is 0 Å². The highest BCUT2D eigenvalue weighted by Gasteiger charge is 2.44. The number of nitrogens with two attached hydrogens (primary N) is 2. The lowest BCUT2D eigenvalue weighted by Gasteiger charge is -2.17. The fraction of sp³-hybridized carbons (Fsp3) is 0.583. The molecule has 5 atom stereocenters. The largest absolute Gasteiger partial charge is 0.462 e. The summed E-state index contributed by atoms with van der Waals surface area (Å²) in [7, 11) is 0. The Morgan fingerprint density at radius 1 is 1.55 bits per heavy atom. The first-order chi connectivity index (χ1) is 10.3. The molecule has 2 rings (SSSR count). The highest BCUT2D eigenvalue weighted by molar-refractivity contribution is 5.74. The van der Waals surface area contributed by atoms with Crippen LogP contribution in [0.15, 0.2) is 17.1 Å². The number of carbonyl (C=O) groups excluding carboxylic acids is 1. The predicted molar refractivity (Wildman–Crippen MR) is 73.4 cm³/mol. The Kier molecular flexibility index (Phi) is 4.76. The van der Waals surface area contributed by atoms with E-state index in [9.17, 15) is 19.8 Å². The smallest absolute Gasteiger partial charge is 0.351 e. The van der Waals surface area contributed by atoms with Crippen molar-refractivity contribution >= 4 is 11.8 Å². The molecule has 2 heterocycles. The van der Waals surface area contributed by atoms with E-state index in [-0.39, 0.29) is 12.4 Å². The normalized spacial score (nSPS) is 29.3. The van der Waals surface area contributed by atoms with Crippen LogP contribution in [0.2, 0.25) is 0 Å². The van der Waals surface area contributed by atoms with Gasteiger partial charge in [0, 0.05) is 6.20 Å². The minimum atomic E-state index is -1.39. The van der Waals surface area contributed by atoms with E-state index < -0.39 is 42.2 Å². The number of aliphatic hydroxyl groups is 2. The average molecular weight is 314 g/mol. The maximum atomic E-state index is 11.7. The van der Waals surface area contributed by atoms with Gasteiger partial charge in [0.05, 0.1) is 0 Å². The molecule has 22 heavy (non-hydrogen) atoms. The number of rotatable bonds is 4. The lowest BCUT2D eigenvalue weighted by Crippen LogP contribution is -2.37. The molecule has 1 aromatic heterocycles. The van der Waals surface area contributed by atoms with Gasteiger partial charge in [0.15, 0.2) is 6.23 Å². The third-order valence-corrected chi connectivity index (χ3v) is 3.22. The van der Waals surface area contributed by atoms with Gasteiger partial charge in [-0.1, -0.05) is 0 Å². The van der Waals surface area contributed by atoms with E-state index in [0.29, 0.717) is 0 Å². The monoisotopic (exact) mass is 314 g/mol. The zero-order valence-electron chi connectivity index (χ0n) is 11.8. The summed E-state index contributed by atoms with van der Waals surface area (Å²) >= 11 is 0. The van der Waals surface area contributed by atoms with E-state index >= 15 is 0 Å². The molecular formula is C12H18N4O6. The number of hydrogen-bond donors (Lipinski definition) is 4. The third-order valence-electron chi connectivity index (χ3n) is 3.22. The van der Waals surface area contributed by atoms with Crippen molar-refractivity contribution in [2.75, 3.05) is 12.3 Å². The molecule has 0 aromatic carbocycles. The molecule has 6 N–H and O–H groups in total. The van der Waals surface area contributed by atoms with Crippen molar-refractivity contribution in [1.29, 1.82) is 0 Å².